The maximum atomic E-state index is 12.4. The minimum atomic E-state index is -5.62. The van der Waals surface area contributed by atoms with Gasteiger partial charge in [0, 0.05) is 18.5 Å². The van der Waals surface area contributed by atoms with E-state index in [1.807, 2.05) is 0 Å². The average Bonchev–Trinajstić information content (AvgIpc) is 3.76. The highest BCUT2D eigenvalue weighted by Gasteiger charge is 2.49. The van der Waals surface area contributed by atoms with E-state index >= 15 is 0 Å². The standard InChI is InChI=1S/C21H27N7O14P2.C6H6N2O/c22-17-12-19(25-7-24-17)28(8-26-12)21-16(32)14(30)11(41-21)6-39-44(36,37)42-43(34,35)38-5-10-13(29)15(31)20(40-10)27-3-1-2-9(4-27)18(23)33;7-6(9)5-2-1-3-8-4-5/h1-4,7-8,10-11,13-16,20-21,29-32H,5-6H2,(H5-,22,23,24,25,33,34,35,36,37);1-4H,(H2,7,9). The highest BCUT2D eigenvalue weighted by Crippen LogP contribution is 2.58. The normalized spacial score (nSPS) is 27.7. The van der Waals surface area contributed by atoms with E-state index in [0.717, 1.165) is 6.33 Å². The molecule has 0 aromatic carbocycles. The minimum Gasteiger partial charge on any atom is -0.756 e. The number of amides is 2. The first-order valence-electron chi connectivity index (χ1n) is 15.1. The van der Waals surface area contributed by atoms with Gasteiger partial charge in [-0.25, -0.2) is 23.8 Å². The minimum absolute atomic E-state index is 0.0446. The van der Waals surface area contributed by atoms with Gasteiger partial charge in [0.05, 0.1) is 25.1 Å². The molecule has 53 heavy (non-hydrogen) atoms. The molecule has 0 spiro atoms. The molecule has 11 N–H and O–H groups in total. The van der Waals surface area contributed by atoms with Gasteiger partial charge < -0.3 is 61.4 Å². The molecular formula is C27H33N9O15P2. The Hall–Kier alpha value is -4.39. The molecule has 0 saturated carbocycles. The number of pyridine rings is 2. The number of fused-ring (bicyclic) bond motifs is 1. The number of aliphatic hydroxyl groups excluding tert-OH is 4. The highest BCUT2D eigenvalue weighted by atomic mass is 31.3. The molecule has 2 amide bonds. The number of aromatic nitrogens is 6. The number of carbonyl (C=O) groups is 2. The van der Waals surface area contributed by atoms with Gasteiger partial charge in [0.25, 0.3) is 20.0 Å². The third-order valence-electron chi connectivity index (χ3n) is 7.68. The number of ether oxygens (including phenoxy) is 2. The Balaban J connectivity index is 0.000000526. The van der Waals surface area contributed by atoms with Gasteiger partial charge in [0.1, 0.15) is 47.9 Å². The van der Waals surface area contributed by atoms with Crippen LogP contribution in [0.1, 0.15) is 33.2 Å². The molecule has 2 saturated heterocycles. The number of primary amides is 2. The number of phosphoric acid groups is 2. The third kappa shape index (κ3) is 9.41. The lowest BCUT2D eigenvalue weighted by Crippen LogP contribution is -2.46. The summed E-state index contributed by atoms with van der Waals surface area (Å²) in [6, 6.07) is 6.10. The van der Waals surface area contributed by atoms with E-state index in [1.54, 1.807) is 18.3 Å². The molecule has 10 atom stereocenters. The maximum Gasteiger partial charge on any atom is 0.478 e. The largest absolute Gasteiger partial charge is 0.756 e. The predicted octanol–water partition coefficient (Wildman–Crippen LogP) is -3.47. The molecule has 4 aromatic rings. The van der Waals surface area contributed by atoms with Crippen LogP contribution in [0, 0.1) is 0 Å². The molecule has 2 fully saturated rings. The van der Waals surface area contributed by atoms with Crippen molar-refractivity contribution in [1.29, 1.82) is 0 Å². The molecule has 2 aliphatic heterocycles. The summed E-state index contributed by atoms with van der Waals surface area (Å²) in [5.74, 6) is -1.17. The van der Waals surface area contributed by atoms with Crippen molar-refractivity contribution in [3.63, 3.8) is 0 Å². The van der Waals surface area contributed by atoms with E-state index in [-0.39, 0.29) is 22.5 Å². The van der Waals surface area contributed by atoms with Crippen LogP contribution in [-0.4, -0.2) is 111 Å². The molecule has 0 bridgehead atoms. The molecule has 6 rings (SSSR count). The number of nitrogen functional groups attached to an aromatic ring is 1. The fourth-order valence-electron chi connectivity index (χ4n) is 5.08. The molecule has 6 heterocycles. The number of nitrogens with two attached hydrogens (primary N) is 3. The van der Waals surface area contributed by atoms with E-state index in [4.69, 9.17) is 26.7 Å². The average molecular weight is 786 g/mol. The number of aliphatic hydroxyl groups is 4. The van der Waals surface area contributed by atoms with Gasteiger partial charge >= 0.3 is 7.82 Å². The van der Waals surface area contributed by atoms with Gasteiger partial charge in [-0.2, -0.15) is 4.57 Å². The lowest BCUT2D eigenvalue weighted by molar-refractivity contribution is -0.765. The van der Waals surface area contributed by atoms with Crippen LogP contribution in [0.3, 0.4) is 0 Å². The van der Waals surface area contributed by atoms with Crippen LogP contribution in [-0.2, 0) is 32.0 Å². The van der Waals surface area contributed by atoms with Gasteiger partial charge in [0.15, 0.2) is 36.2 Å². The van der Waals surface area contributed by atoms with Crippen molar-refractivity contribution in [2.75, 3.05) is 18.9 Å². The fraction of sp³-hybridized carbons (Fsp3) is 0.370. The second kappa shape index (κ2) is 16.3. The molecule has 286 valence electrons. The fourth-order valence-corrected chi connectivity index (χ4v) is 7.13. The van der Waals surface area contributed by atoms with Gasteiger partial charge in [0.2, 0.25) is 5.91 Å². The number of hydrogen-bond donors (Lipinski definition) is 8. The Morgan fingerprint density at radius 3 is 2.25 bits per heavy atom. The maximum absolute atomic E-state index is 12.4. The molecule has 2 aliphatic rings. The Labute approximate surface area is 297 Å². The second-order valence-corrected chi connectivity index (χ2v) is 14.3. The highest BCUT2D eigenvalue weighted by molar-refractivity contribution is 7.60. The van der Waals surface area contributed by atoms with E-state index in [9.17, 15) is 48.9 Å². The summed E-state index contributed by atoms with van der Waals surface area (Å²) in [4.78, 5) is 59.6. The smallest absolute Gasteiger partial charge is 0.478 e. The van der Waals surface area contributed by atoms with Crippen LogP contribution < -0.4 is 26.7 Å². The van der Waals surface area contributed by atoms with Gasteiger partial charge in [-0.15, -0.1) is 0 Å². The van der Waals surface area contributed by atoms with E-state index in [0.29, 0.717) is 5.56 Å². The summed E-state index contributed by atoms with van der Waals surface area (Å²) in [5, 5.41) is 41.6. The number of nitrogens with zero attached hydrogens (tertiary/aromatic N) is 6. The summed E-state index contributed by atoms with van der Waals surface area (Å²) >= 11 is 0. The van der Waals surface area contributed by atoms with Crippen LogP contribution in [0.15, 0.2) is 61.7 Å². The number of phosphoric ester groups is 2. The first-order valence-corrected chi connectivity index (χ1v) is 18.0. The van der Waals surface area contributed by atoms with Gasteiger partial charge in [-0.3, -0.25) is 28.2 Å². The zero-order chi connectivity index (χ0) is 38.7. The van der Waals surface area contributed by atoms with Crippen molar-refractivity contribution >= 4 is 44.4 Å². The molecule has 10 unspecified atom stereocenters. The van der Waals surface area contributed by atoms with E-state index in [1.165, 1.54) is 46.2 Å². The second-order valence-electron chi connectivity index (χ2n) is 11.3. The van der Waals surface area contributed by atoms with Crippen molar-refractivity contribution in [3.8, 4) is 0 Å². The number of hydrogen-bond acceptors (Lipinski definition) is 19. The summed E-state index contributed by atoms with van der Waals surface area (Å²) in [7, 11) is -11.0. The van der Waals surface area contributed by atoms with Crippen molar-refractivity contribution in [3.05, 3.63) is 72.8 Å². The first kappa shape index (κ1) is 39.8. The Morgan fingerprint density at radius 1 is 0.925 bits per heavy atom. The topological polar surface area (TPSA) is 377 Å². The monoisotopic (exact) mass is 785 g/mol. The zero-order valence-electron chi connectivity index (χ0n) is 26.9. The number of imidazole rings is 1. The molecule has 26 heteroatoms. The SMILES string of the molecule is NC(=O)c1ccc[n+](C2OC(COP(=O)([O-])OP(=O)(O)OCC3OC(n4cnc5c(N)ncnc54)C(O)C3O)C(O)C2O)c1.NC(=O)c1cccnc1. The lowest BCUT2D eigenvalue weighted by Gasteiger charge is -2.26. The summed E-state index contributed by atoms with van der Waals surface area (Å²) in [6.07, 6.45) is -4.03. The summed E-state index contributed by atoms with van der Waals surface area (Å²) in [6.45, 7) is -1.89. The molecular weight excluding hydrogens is 752 g/mol. The van der Waals surface area contributed by atoms with Crippen LogP contribution in [0.2, 0.25) is 0 Å². The lowest BCUT2D eigenvalue weighted by atomic mass is 10.1. The Morgan fingerprint density at radius 2 is 1.58 bits per heavy atom. The summed E-state index contributed by atoms with van der Waals surface area (Å²) < 4.78 is 51.5. The van der Waals surface area contributed by atoms with Crippen LogP contribution in [0.5, 0.6) is 0 Å². The molecule has 4 aromatic heterocycles. The third-order valence-corrected chi connectivity index (χ3v) is 10.3. The van der Waals surface area contributed by atoms with Crippen LogP contribution in [0.4, 0.5) is 5.82 Å². The number of rotatable bonds is 12. The van der Waals surface area contributed by atoms with Crippen molar-refractivity contribution < 1.29 is 76.3 Å². The van der Waals surface area contributed by atoms with Crippen molar-refractivity contribution in [2.45, 2.75) is 49.1 Å². The van der Waals surface area contributed by atoms with Gasteiger partial charge in [-0.05, 0) is 18.2 Å². The van der Waals surface area contributed by atoms with Gasteiger partial charge in [-0.1, -0.05) is 0 Å². The molecule has 24 nitrogen and oxygen atoms in total. The Bertz CT molecular complexity index is 2030. The Kier molecular flexibility index (Phi) is 12.3. The molecule has 0 aliphatic carbocycles. The van der Waals surface area contributed by atoms with Crippen LogP contribution >= 0.6 is 15.6 Å². The van der Waals surface area contributed by atoms with Crippen molar-refractivity contribution in [2.24, 2.45) is 11.5 Å². The number of anilines is 1. The van der Waals surface area contributed by atoms with E-state index < -0.39 is 89.8 Å². The first-order chi connectivity index (χ1) is 25.0. The zero-order valence-corrected chi connectivity index (χ0v) is 28.7. The quantitative estimate of drug-likeness (QED) is 0.0511. The number of carbonyl (C=O) groups excluding carboxylic acids is 2. The predicted molar refractivity (Wildman–Crippen MR) is 170 cm³/mol. The molecule has 0 radical (unpaired) electrons. The van der Waals surface area contributed by atoms with Crippen molar-refractivity contribution in [1.82, 2.24) is 24.5 Å². The summed E-state index contributed by atoms with van der Waals surface area (Å²) in [5.41, 5.74) is 16.8. The van der Waals surface area contributed by atoms with Crippen LogP contribution in [0.25, 0.3) is 11.2 Å². The van der Waals surface area contributed by atoms with E-state index in [2.05, 4.69) is 33.3 Å².